The second-order valence-electron chi connectivity index (χ2n) is 7.28. The number of nitrogens with zero attached hydrogens (tertiary/aromatic N) is 1. The molecule has 0 unspecified atom stereocenters. The van der Waals surface area contributed by atoms with E-state index in [2.05, 4.69) is 48.4 Å². The Labute approximate surface area is 169 Å². The molecule has 2 aromatic carbocycles. The van der Waals surface area contributed by atoms with Gasteiger partial charge in [-0.05, 0) is 42.7 Å². The molecule has 0 atom stereocenters. The van der Waals surface area contributed by atoms with Gasteiger partial charge >= 0.3 is 0 Å². The first-order chi connectivity index (χ1) is 14.0. The molecule has 0 aliphatic rings. The van der Waals surface area contributed by atoms with Gasteiger partial charge in [0, 0.05) is 29.9 Å². The number of fused-ring (bicyclic) bond motifs is 1. The Morgan fingerprint density at radius 1 is 1.03 bits per heavy atom. The summed E-state index contributed by atoms with van der Waals surface area (Å²) in [7, 11) is 0. The number of carbonyl (C=O) groups excluding carboxylic acids is 1. The third-order valence-electron chi connectivity index (χ3n) is 5.14. The average molecular weight is 385 g/mol. The minimum Gasteiger partial charge on any atom is -0.354 e. The van der Waals surface area contributed by atoms with Gasteiger partial charge in [0.15, 0.2) is 0 Å². The van der Waals surface area contributed by atoms with Crippen LogP contribution in [0.5, 0.6) is 0 Å². The smallest absolute Gasteiger partial charge is 0.250 e. The van der Waals surface area contributed by atoms with E-state index >= 15 is 0 Å². The Hall–Kier alpha value is -3.60. The number of amides is 1. The third-order valence-corrected chi connectivity index (χ3v) is 5.14. The van der Waals surface area contributed by atoms with Gasteiger partial charge in [-0.25, -0.2) is 0 Å². The normalized spacial score (nSPS) is 11.0. The predicted octanol–water partition coefficient (Wildman–Crippen LogP) is 3.93. The van der Waals surface area contributed by atoms with Crippen molar-refractivity contribution >= 4 is 16.8 Å². The van der Waals surface area contributed by atoms with Gasteiger partial charge in [0.2, 0.25) is 5.91 Å². The van der Waals surface area contributed by atoms with E-state index in [1.54, 1.807) is 18.3 Å². The Bertz CT molecular complexity index is 1240. The average Bonchev–Trinajstić information content (AvgIpc) is 3.05. The number of aromatic nitrogens is 2. The van der Waals surface area contributed by atoms with E-state index in [9.17, 15) is 9.59 Å². The zero-order valence-electron chi connectivity index (χ0n) is 16.5. The largest absolute Gasteiger partial charge is 0.354 e. The maximum absolute atomic E-state index is 12.4. The van der Waals surface area contributed by atoms with E-state index in [4.69, 9.17) is 0 Å². The minimum atomic E-state index is -0.195. The van der Waals surface area contributed by atoms with E-state index in [1.807, 2.05) is 18.2 Å². The summed E-state index contributed by atoms with van der Waals surface area (Å²) >= 11 is 0. The van der Waals surface area contributed by atoms with Crippen LogP contribution >= 0.6 is 0 Å². The van der Waals surface area contributed by atoms with Crippen LogP contribution in [-0.4, -0.2) is 15.5 Å². The van der Waals surface area contributed by atoms with Gasteiger partial charge in [-0.1, -0.05) is 48.0 Å². The third kappa shape index (κ3) is 3.85. The minimum absolute atomic E-state index is 0.00759. The highest BCUT2D eigenvalue weighted by molar-refractivity contribution is 5.93. The standard InChI is InChI=1S/C24H23N3O2/c1-16-12-19(14-25-21(28)15-27-11-7-6-10-22(27)29)24-20(13-16)17(2)23(26-24)18-8-4-3-5-9-18/h3-13,26H,14-15H2,1-2H3,(H,25,28). The molecule has 0 fully saturated rings. The van der Waals surface area contributed by atoms with Crippen LogP contribution in [0.1, 0.15) is 16.7 Å². The van der Waals surface area contributed by atoms with Gasteiger partial charge in [0.1, 0.15) is 6.54 Å². The van der Waals surface area contributed by atoms with Crippen LogP contribution in [0.3, 0.4) is 0 Å². The van der Waals surface area contributed by atoms with Gasteiger partial charge < -0.3 is 14.9 Å². The maximum Gasteiger partial charge on any atom is 0.250 e. The molecule has 29 heavy (non-hydrogen) atoms. The lowest BCUT2D eigenvalue weighted by Crippen LogP contribution is -2.31. The molecule has 0 bridgehead atoms. The number of hydrogen-bond acceptors (Lipinski definition) is 2. The summed E-state index contributed by atoms with van der Waals surface area (Å²) < 4.78 is 1.40. The lowest BCUT2D eigenvalue weighted by atomic mass is 10.0. The van der Waals surface area contributed by atoms with Gasteiger partial charge in [0.25, 0.3) is 5.56 Å². The molecule has 2 heterocycles. The Morgan fingerprint density at radius 2 is 1.79 bits per heavy atom. The molecular formula is C24H23N3O2. The number of benzene rings is 2. The van der Waals surface area contributed by atoms with Crippen molar-refractivity contribution in [3.63, 3.8) is 0 Å². The fourth-order valence-electron chi connectivity index (χ4n) is 3.69. The maximum atomic E-state index is 12.4. The molecule has 4 rings (SSSR count). The first-order valence-electron chi connectivity index (χ1n) is 9.62. The quantitative estimate of drug-likeness (QED) is 0.547. The van der Waals surface area contributed by atoms with Crippen molar-refractivity contribution in [1.82, 2.24) is 14.9 Å². The summed E-state index contributed by atoms with van der Waals surface area (Å²) in [5.74, 6) is -0.195. The molecule has 5 nitrogen and oxygen atoms in total. The van der Waals surface area contributed by atoms with Crippen LogP contribution in [0.25, 0.3) is 22.2 Å². The molecule has 2 aromatic heterocycles. The van der Waals surface area contributed by atoms with Gasteiger partial charge in [-0.15, -0.1) is 0 Å². The zero-order valence-corrected chi connectivity index (χ0v) is 16.5. The Kier molecular flexibility index (Phi) is 5.04. The number of nitrogens with one attached hydrogen (secondary N) is 2. The number of pyridine rings is 1. The van der Waals surface area contributed by atoms with Crippen LogP contribution in [-0.2, 0) is 17.9 Å². The number of hydrogen-bond donors (Lipinski definition) is 2. The molecule has 0 radical (unpaired) electrons. The number of aryl methyl sites for hydroxylation is 2. The van der Waals surface area contributed by atoms with Crippen molar-refractivity contribution in [2.45, 2.75) is 26.9 Å². The fourth-order valence-corrected chi connectivity index (χ4v) is 3.69. The highest BCUT2D eigenvalue weighted by Crippen LogP contribution is 2.32. The molecule has 146 valence electrons. The van der Waals surface area contributed by atoms with E-state index in [0.29, 0.717) is 6.54 Å². The first kappa shape index (κ1) is 18.7. The van der Waals surface area contributed by atoms with E-state index in [1.165, 1.54) is 16.2 Å². The van der Waals surface area contributed by atoms with Crippen molar-refractivity contribution in [1.29, 1.82) is 0 Å². The summed E-state index contributed by atoms with van der Waals surface area (Å²) in [5, 5.41) is 4.10. The van der Waals surface area contributed by atoms with Gasteiger partial charge in [-0.3, -0.25) is 9.59 Å². The molecule has 0 aliphatic heterocycles. The van der Waals surface area contributed by atoms with E-state index in [0.717, 1.165) is 33.3 Å². The van der Waals surface area contributed by atoms with E-state index < -0.39 is 0 Å². The highest BCUT2D eigenvalue weighted by Gasteiger charge is 2.14. The number of carbonyl (C=O) groups is 1. The lowest BCUT2D eigenvalue weighted by Gasteiger charge is -2.09. The fraction of sp³-hybridized carbons (Fsp3) is 0.167. The first-order valence-corrected chi connectivity index (χ1v) is 9.62. The van der Waals surface area contributed by atoms with Crippen LogP contribution in [0.4, 0.5) is 0 Å². The molecule has 0 spiro atoms. The SMILES string of the molecule is Cc1cc(CNC(=O)Cn2ccccc2=O)c2[nH]c(-c3ccccc3)c(C)c2c1. The van der Waals surface area contributed by atoms with Crippen molar-refractivity contribution in [3.05, 3.63) is 93.9 Å². The lowest BCUT2D eigenvalue weighted by molar-refractivity contribution is -0.121. The molecule has 5 heteroatoms. The summed E-state index contributed by atoms with van der Waals surface area (Å²) in [6, 6.07) is 19.3. The van der Waals surface area contributed by atoms with Gasteiger partial charge in [-0.2, -0.15) is 0 Å². The molecule has 0 aliphatic carbocycles. The molecular weight excluding hydrogens is 362 g/mol. The number of H-pyrrole nitrogens is 1. The van der Waals surface area contributed by atoms with Crippen LogP contribution in [0.2, 0.25) is 0 Å². The summed E-state index contributed by atoms with van der Waals surface area (Å²) in [4.78, 5) is 27.7. The van der Waals surface area contributed by atoms with Crippen molar-refractivity contribution in [2.75, 3.05) is 0 Å². The van der Waals surface area contributed by atoms with Crippen LogP contribution < -0.4 is 10.9 Å². The molecule has 4 aromatic rings. The monoisotopic (exact) mass is 385 g/mol. The van der Waals surface area contributed by atoms with Gasteiger partial charge in [0.05, 0.1) is 5.52 Å². The molecule has 1 amide bonds. The summed E-state index contributed by atoms with van der Waals surface area (Å²) in [5.41, 5.74) is 6.43. The number of rotatable bonds is 5. The van der Waals surface area contributed by atoms with E-state index in [-0.39, 0.29) is 18.0 Å². The Morgan fingerprint density at radius 3 is 2.55 bits per heavy atom. The summed E-state index contributed by atoms with van der Waals surface area (Å²) in [6.45, 7) is 4.58. The Balaban J connectivity index is 1.61. The summed E-state index contributed by atoms with van der Waals surface area (Å²) in [6.07, 6.45) is 1.62. The second kappa shape index (κ2) is 7.80. The molecule has 0 saturated carbocycles. The number of aromatic amines is 1. The van der Waals surface area contributed by atoms with Crippen molar-refractivity contribution in [3.8, 4) is 11.3 Å². The van der Waals surface area contributed by atoms with Crippen molar-refractivity contribution < 1.29 is 4.79 Å². The van der Waals surface area contributed by atoms with Crippen molar-refractivity contribution in [2.24, 2.45) is 0 Å². The second-order valence-corrected chi connectivity index (χ2v) is 7.28. The van der Waals surface area contributed by atoms with Crippen LogP contribution in [0.15, 0.2) is 71.7 Å². The zero-order chi connectivity index (χ0) is 20.4. The van der Waals surface area contributed by atoms with Crippen LogP contribution in [0, 0.1) is 13.8 Å². The topological polar surface area (TPSA) is 66.9 Å². The molecule has 0 saturated heterocycles. The molecule has 2 N–H and O–H groups in total. The predicted molar refractivity (Wildman–Crippen MR) is 116 cm³/mol. The highest BCUT2D eigenvalue weighted by atomic mass is 16.2.